The molecule has 0 fully saturated rings. The molecule has 1 aromatic carbocycles. The molecule has 0 aliphatic rings. The Bertz CT molecular complexity index is 575. The molecule has 0 saturated heterocycles. The summed E-state index contributed by atoms with van der Waals surface area (Å²) in [6.45, 7) is 0. The number of rotatable bonds is 2. The molecule has 2 rings (SSSR count). The molecular formula is C11H4Br3ClOS. The van der Waals surface area contributed by atoms with Crippen LogP contribution in [0, 0.1) is 0 Å². The highest BCUT2D eigenvalue weighted by molar-refractivity contribution is 9.11. The van der Waals surface area contributed by atoms with E-state index in [1.807, 2.05) is 12.1 Å². The van der Waals surface area contributed by atoms with Crippen LogP contribution in [0.1, 0.15) is 15.2 Å². The lowest BCUT2D eigenvalue weighted by atomic mass is 10.1. The summed E-state index contributed by atoms with van der Waals surface area (Å²) in [7, 11) is 0. The van der Waals surface area contributed by atoms with E-state index in [2.05, 4.69) is 47.8 Å². The number of thiophene rings is 1. The second kappa shape index (κ2) is 5.53. The molecule has 0 N–H and O–H groups in total. The van der Waals surface area contributed by atoms with Crippen molar-refractivity contribution in [1.82, 2.24) is 0 Å². The van der Waals surface area contributed by atoms with E-state index in [-0.39, 0.29) is 5.78 Å². The highest BCUT2D eigenvalue weighted by Crippen LogP contribution is 2.34. The quantitative estimate of drug-likeness (QED) is 0.510. The van der Waals surface area contributed by atoms with Crippen molar-refractivity contribution < 1.29 is 4.79 Å². The SMILES string of the molecule is O=C(c1cc(Cl)c(Br)s1)c1cc(Br)ccc1Br. The Morgan fingerprint density at radius 2 is 1.88 bits per heavy atom. The fraction of sp³-hybridized carbons (Fsp3) is 0. The first-order valence-electron chi connectivity index (χ1n) is 4.43. The van der Waals surface area contributed by atoms with Gasteiger partial charge in [-0.25, -0.2) is 0 Å². The van der Waals surface area contributed by atoms with Gasteiger partial charge in [-0.3, -0.25) is 4.79 Å². The van der Waals surface area contributed by atoms with Crippen molar-refractivity contribution in [2.45, 2.75) is 0 Å². The fourth-order valence-corrected chi connectivity index (χ4v) is 3.71. The molecule has 0 aliphatic carbocycles. The van der Waals surface area contributed by atoms with Gasteiger partial charge in [-0.15, -0.1) is 11.3 Å². The van der Waals surface area contributed by atoms with Crippen LogP contribution in [0.25, 0.3) is 0 Å². The number of benzene rings is 1. The number of hydrogen-bond acceptors (Lipinski definition) is 2. The van der Waals surface area contributed by atoms with Gasteiger partial charge in [0.25, 0.3) is 0 Å². The summed E-state index contributed by atoms with van der Waals surface area (Å²) < 4.78 is 2.41. The van der Waals surface area contributed by atoms with Crippen LogP contribution in [0.4, 0.5) is 0 Å². The summed E-state index contributed by atoms with van der Waals surface area (Å²) in [6.07, 6.45) is 0. The van der Waals surface area contributed by atoms with Gasteiger partial charge in [-0.05, 0) is 40.2 Å². The predicted octanol–water partition coefficient (Wildman–Crippen LogP) is 5.92. The maximum atomic E-state index is 12.3. The molecule has 1 nitrogen and oxygen atoms in total. The lowest BCUT2D eigenvalue weighted by Crippen LogP contribution is -1.99. The number of hydrogen-bond donors (Lipinski definition) is 0. The molecule has 0 amide bonds. The summed E-state index contributed by atoms with van der Waals surface area (Å²) in [6, 6.07) is 7.17. The summed E-state index contributed by atoms with van der Waals surface area (Å²) in [5.74, 6) is -0.0456. The molecule has 2 aromatic rings. The van der Waals surface area contributed by atoms with Crippen LogP contribution in [-0.4, -0.2) is 5.78 Å². The molecule has 0 unspecified atom stereocenters. The Kier molecular flexibility index (Phi) is 4.47. The van der Waals surface area contributed by atoms with E-state index in [0.717, 1.165) is 12.7 Å². The van der Waals surface area contributed by atoms with Gasteiger partial charge in [0.1, 0.15) is 0 Å². The zero-order chi connectivity index (χ0) is 12.6. The molecule has 1 heterocycles. The molecule has 17 heavy (non-hydrogen) atoms. The third-order valence-electron chi connectivity index (χ3n) is 2.04. The first-order valence-corrected chi connectivity index (χ1v) is 8.01. The van der Waals surface area contributed by atoms with Gasteiger partial charge in [0.05, 0.1) is 13.7 Å². The average Bonchev–Trinajstić information content (AvgIpc) is 2.62. The van der Waals surface area contributed by atoms with Crippen molar-refractivity contribution in [3.05, 3.63) is 52.5 Å². The van der Waals surface area contributed by atoms with E-state index in [0.29, 0.717) is 15.5 Å². The standard InChI is InChI=1S/C11H4Br3ClOS/c12-5-1-2-7(13)6(3-5)10(16)9-4-8(15)11(14)17-9/h1-4H. The first-order chi connectivity index (χ1) is 7.99. The van der Waals surface area contributed by atoms with Gasteiger partial charge >= 0.3 is 0 Å². The van der Waals surface area contributed by atoms with Crippen molar-refractivity contribution in [1.29, 1.82) is 0 Å². The Balaban J connectivity index is 2.47. The van der Waals surface area contributed by atoms with Crippen LogP contribution in [0.5, 0.6) is 0 Å². The second-order valence-electron chi connectivity index (χ2n) is 3.19. The zero-order valence-electron chi connectivity index (χ0n) is 8.14. The van der Waals surface area contributed by atoms with Crippen molar-refractivity contribution >= 4 is 76.5 Å². The number of carbonyl (C=O) groups is 1. The molecule has 0 spiro atoms. The van der Waals surface area contributed by atoms with Gasteiger partial charge in [-0.1, -0.05) is 43.5 Å². The Hall–Kier alpha value is 0.320. The molecule has 0 saturated carbocycles. The molecule has 1 aromatic heterocycles. The van der Waals surface area contributed by atoms with E-state index >= 15 is 0 Å². The minimum Gasteiger partial charge on any atom is -0.288 e. The minimum atomic E-state index is -0.0456. The Labute approximate surface area is 133 Å². The molecule has 88 valence electrons. The fourth-order valence-electron chi connectivity index (χ4n) is 1.26. The van der Waals surface area contributed by atoms with Crippen molar-refractivity contribution in [3.63, 3.8) is 0 Å². The monoisotopic (exact) mass is 456 g/mol. The average molecular weight is 459 g/mol. The minimum absolute atomic E-state index is 0.0456. The highest BCUT2D eigenvalue weighted by Gasteiger charge is 2.17. The molecule has 0 atom stereocenters. The lowest BCUT2D eigenvalue weighted by Gasteiger charge is -2.02. The highest BCUT2D eigenvalue weighted by atomic mass is 79.9. The molecule has 0 aliphatic heterocycles. The van der Waals surface area contributed by atoms with Crippen molar-refractivity contribution in [3.8, 4) is 0 Å². The van der Waals surface area contributed by atoms with Gasteiger partial charge in [0.2, 0.25) is 5.78 Å². The maximum Gasteiger partial charge on any atom is 0.204 e. The van der Waals surface area contributed by atoms with Gasteiger partial charge < -0.3 is 0 Å². The van der Waals surface area contributed by atoms with Crippen LogP contribution in [0.3, 0.4) is 0 Å². The Morgan fingerprint density at radius 1 is 1.18 bits per heavy atom. The van der Waals surface area contributed by atoms with Crippen LogP contribution >= 0.6 is 70.7 Å². The summed E-state index contributed by atoms with van der Waals surface area (Å²) >= 11 is 17.3. The predicted molar refractivity (Wildman–Crippen MR) is 82.3 cm³/mol. The normalized spacial score (nSPS) is 10.6. The van der Waals surface area contributed by atoms with E-state index in [1.54, 1.807) is 12.1 Å². The van der Waals surface area contributed by atoms with Gasteiger partial charge in [0.15, 0.2) is 0 Å². The van der Waals surface area contributed by atoms with Crippen molar-refractivity contribution in [2.24, 2.45) is 0 Å². The number of halogens is 4. The third-order valence-corrected chi connectivity index (χ3v) is 5.70. The number of carbonyl (C=O) groups excluding carboxylic acids is 1. The topological polar surface area (TPSA) is 17.1 Å². The molecule has 6 heteroatoms. The molecule has 0 bridgehead atoms. The molecule has 0 radical (unpaired) electrons. The third kappa shape index (κ3) is 3.01. The van der Waals surface area contributed by atoms with Crippen LogP contribution in [-0.2, 0) is 0 Å². The van der Waals surface area contributed by atoms with Gasteiger partial charge in [0, 0.05) is 14.5 Å². The summed E-state index contributed by atoms with van der Waals surface area (Å²) in [5.41, 5.74) is 0.616. The largest absolute Gasteiger partial charge is 0.288 e. The van der Waals surface area contributed by atoms with Crippen LogP contribution in [0.15, 0.2) is 37.0 Å². The van der Waals surface area contributed by atoms with E-state index in [1.165, 1.54) is 11.3 Å². The smallest absolute Gasteiger partial charge is 0.204 e. The van der Waals surface area contributed by atoms with Crippen LogP contribution < -0.4 is 0 Å². The van der Waals surface area contributed by atoms with Crippen molar-refractivity contribution in [2.75, 3.05) is 0 Å². The lowest BCUT2D eigenvalue weighted by molar-refractivity contribution is 0.104. The maximum absolute atomic E-state index is 12.3. The summed E-state index contributed by atoms with van der Waals surface area (Å²) in [4.78, 5) is 12.9. The van der Waals surface area contributed by atoms with E-state index in [4.69, 9.17) is 11.6 Å². The van der Waals surface area contributed by atoms with E-state index < -0.39 is 0 Å². The van der Waals surface area contributed by atoms with E-state index in [9.17, 15) is 4.79 Å². The zero-order valence-corrected chi connectivity index (χ0v) is 14.5. The Morgan fingerprint density at radius 3 is 2.47 bits per heavy atom. The first kappa shape index (κ1) is 13.7. The molecular weight excluding hydrogens is 455 g/mol. The van der Waals surface area contributed by atoms with Crippen LogP contribution in [0.2, 0.25) is 5.02 Å². The van der Waals surface area contributed by atoms with Gasteiger partial charge in [-0.2, -0.15) is 0 Å². The summed E-state index contributed by atoms with van der Waals surface area (Å²) in [5, 5.41) is 0.560. The number of ketones is 1. The second-order valence-corrected chi connectivity index (χ2v) is 7.73.